The van der Waals surface area contributed by atoms with Crippen molar-refractivity contribution in [2.75, 3.05) is 0 Å². The number of pyridine rings is 1. The van der Waals surface area contributed by atoms with Gasteiger partial charge in [-0.2, -0.15) is 0 Å². The summed E-state index contributed by atoms with van der Waals surface area (Å²) in [4.78, 5) is 5.22. The average Bonchev–Trinajstić information content (AvgIpc) is 3.42. The zero-order valence-corrected chi connectivity index (χ0v) is 23.3. The third-order valence-corrected chi connectivity index (χ3v) is 8.44. The molecule has 3 heterocycles. The molecular formula is C35H31BN2O2. The Labute approximate surface area is 235 Å². The molecule has 0 radical (unpaired) electrons. The molecule has 196 valence electrons. The summed E-state index contributed by atoms with van der Waals surface area (Å²) < 4.78 is 15.1. The highest BCUT2D eigenvalue weighted by atomic mass is 16.7. The average molecular weight is 522 g/mol. The van der Waals surface area contributed by atoms with Gasteiger partial charge in [0.15, 0.2) is 0 Å². The molecule has 6 aromatic rings. The molecule has 0 amide bonds. The summed E-state index contributed by atoms with van der Waals surface area (Å²) >= 11 is 0. The maximum Gasteiger partial charge on any atom is 0.494 e. The Kier molecular flexibility index (Phi) is 5.70. The van der Waals surface area contributed by atoms with Crippen molar-refractivity contribution in [1.82, 2.24) is 9.55 Å². The van der Waals surface area contributed by atoms with Gasteiger partial charge in [0.05, 0.1) is 27.9 Å². The third-order valence-electron chi connectivity index (χ3n) is 8.44. The zero-order valence-electron chi connectivity index (χ0n) is 23.3. The summed E-state index contributed by atoms with van der Waals surface area (Å²) in [5, 5.41) is 2.32. The first-order valence-corrected chi connectivity index (χ1v) is 13.8. The normalized spacial score (nSPS) is 16.1. The fourth-order valence-electron chi connectivity index (χ4n) is 5.55. The van der Waals surface area contributed by atoms with E-state index in [2.05, 4.69) is 135 Å². The maximum atomic E-state index is 6.39. The summed E-state index contributed by atoms with van der Waals surface area (Å²) in [6, 6.07) is 40.3. The molecule has 1 saturated heterocycles. The van der Waals surface area contributed by atoms with Crippen molar-refractivity contribution in [3.05, 3.63) is 115 Å². The van der Waals surface area contributed by atoms with Crippen LogP contribution in [0, 0.1) is 0 Å². The molecule has 5 heteroatoms. The molecular weight excluding hydrogens is 491 g/mol. The van der Waals surface area contributed by atoms with Crippen LogP contribution in [0.4, 0.5) is 0 Å². The van der Waals surface area contributed by atoms with Gasteiger partial charge in [0, 0.05) is 16.3 Å². The van der Waals surface area contributed by atoms with Crippen LogP contribution < -0.4 is 5.46 Å². The van der Waals surface area contributed by atoms with Crippen LogP contribution in [-0.2, 0) is 9.31 Å². The molecule has 0 atom stereocenters. The highest BCUT2D eigenvalue weighted by molar-refractivity contribution is 6.62. The lowest BCUT2D eigenvalue weighted by atomic mass is 9.78. The summed E-state index contributed by atoms with van der Waals surface area (Å²) in [7, 11) is -0.416. The number of aromatic nitrogens is 2. The van der Waals surface area contributed by atoms with Gasteiger partial charge in [-0.05, 0) is 68.6 Å². The smallest absolute Gasteiger partial charge is 0.399 e. The van der Waals surface area contributed by atoms with Crippen molar-refractivity contribution in [1.29, 1.82) is 0 Å². The van der Waals surface area contributed by atoms with Gasteiger partial charge in [0.2, 0.25) is 0 Å². The first-order chi connectivity index (χ1) is 19.3. The quantitative estimate of drug-likeness (QED) is 0.222. The second kappa shape index (κ2) is 9.19. The van der Waals surface area contributed by atoms with E-state index in [0.717, 1.165) is 50.1 Å². The number of hydrogen-bond acceptors (Lipinski definition) is 3. The minimum absolute atomic E-state index is 0.393. The van der Waals surface area contributed by atoms with Crippen molar-refractivity contribution in [3.8, 4) is 28.2 Å². The van der Waals surface area contributed by atoms with Crippen LogP contribution >= 0.6 is 0 Å². The predicted molar refractivity (Wildman–Crippen MR) is 165 cm³/mol. The lowest BCUT2D eigenvalue weighted by Gasteiger charge is -2.32. The summed E-state index contributed by atoms with van der Waals surface area (Å²) in [5.41, 5.74) is 6.76. The lowest BCUT2D eigenvalue weighted by molar-refractivity contribution is 0.00578. The van der Waals surface area contributed by atoms with E-state index in [0.29, 0.717) is 0 Å². The number of benzene rings is 4. The molecule has 1 aliphatic rings. The summed E-state index contributed by atoms with van der Waals surface area (Å²) in [6.07, 6.45) is 0. The second-order valence-corrected chi connectivity index (χ2v) is 11.5. The maximum absolute atomic E-state index is 6.39. The molecule has 1 aliphatic heterocycles. The molecule has 0 aliphatic carbocycles. The fraction of sp³-hybridized carbons (Fsp3) is 0.171. The van der Waals surface area contributed by atoms with E-state index in [1.165, 1.54) is 5.39 Å². The van der Waals surface area contributed by atoms with Crippen LogP contribution in [0.15, 0.2) is 115 Å². The SMILES string of the molecule is CC1(C)OB(c2ccc3c(c2)c2ccccc2n3-c2cc(-c3ccccc3)cc(-c3ccccc3)n2)OC1(C)C. The van der Waals surface area contributed by atoms with E-state index in [1.54, 1.807) is 0 Å². The number of para-hydroxylation sites is 1. The van der Waals surface area contributed by atoms with Crippen LogP contribution in [0.2, 0.25) is 0 Å². The van der Waals surface area contributed by atoms with Gasteiger partial charge >= 0.3 is 7.12 Å². The number of nitrogens with zero attached hydrogens (tertiary/aromatic N) is 2. The van der Waals surface area contributed by atoms with Gasteiger partial charge < -0.3 is 9.31 Å². The van der Waals surface area contributed by atoms with E-state index in [-0.39, 0.29) is 0 Å². The van der Waals surface area contributed by atoms with Crippen molar-refractivity contribution < 1.29 is 9.31 Å². The Bertz CT molecular complexity index is 1790. The first-order valence-electron chi connectivity index (χ1n) is 13.8. The van der Waals surface area contributed by atoms with E-state index >= 15 is 0 Å². The Morgan fingerprint density at radius 2 is 1.18 bits per heavy atom. The minimum atomic E-state index is -0.416. The van der Waals surface area contributed by atoms with Gasteiger partial charge in [-0.15, -0.1) is 0 Å². The summed E-state index contributed by atoms with van der Waals surface area (Å²) in [5.74, 6) is 0.884. The fourth-order valence-corrected chi connectivity index (χ4v) is 5.55. The molecule has 0 saturated carbocycles. The minimum Gasteiger partial charge on any atom is -0.399 e. The van der Waals surface area contributed by atoms with Crippen LogP contribution in [-0.4, -0.2) is 27.9 Å². The van der Waals surface area contributed by atoms with Gasteiger partial charge in [0.1, 0.15) is 5.82 Å². The monoisotopic (exact) mass is 522 g/mol. The number of fused-ring (bicyclic) bond motifs is 3. The predicted octanol–water partition coefficient (Wildman–Crippen LogP) is 7.81. The van der Waals surface area contributed by atoms with Gasteiger partial charge in [0.25, 0.3) is 0 Å². The summed E-state index contributed by atoms with van der Waals surface area (Å²) in [6.45, 7) is 8.36. The molecule has 4 nitrogen and oxygen atoms in total. The Hall–Kier alpha value is -4.19. The zero-order chi connectivity index (χ0) is 27.5. The van der Waals surface area contributed by atoms with Crippen molar-refractivity contribution in [2.45, 2.75) is 38.9 Å². The largest absolute Gasteiger partial charge is 0.494 e. The lowest BCUT2D eigenvalue weighted by Crippen LogP contribution is -2.41. The molecule has 4 aromatic carbocycles. The molecule has 0 N–H and O–H groups in total. The topological polar surface area (TPSA) is 36.3 Å². The van der Waals surface area contributed by atoms with Gasteiger partial charge in [-0.1, -0.05) is 91.0 Å². The highest BCUT2D eigenvalue weighted by Crippen LogP contribution is 2.38. The van der Waals surface area contributed by atoms with Crippen LogP contribution in [0.3, 0.4) is 0 Å². The second-order valence-electron chi connectivity index (χ2n) is 11.5. The Morgan fingerprint density at radius 3 is 1.88 bits per heavy atom. The van der Waals surface area contributed by atoms with E-state index in [4.69, 9.17) is 14.3 Å². The van der Waals surface area contributed by atoms with Gasteiger partial charge in [-0.3, -0.25) is 4.57 Å². The molecule has 7 rings (SSSR count). The first kappa shape index (κ1) is 24.8. The van der Waals surface area contributed by atoms with Crippen LogP contribution in [0.5, 0.6) is 0 Å². The van der Waals surface area contributed by atoms with E-state index < -0.39 is 18.3 Å². The van der Waals surface area contributed by atoms with Crippen LogP contribution in [0.25, 0.3) is 50.0 Å². The van der Waals surface area contributed by atoms with Gasteiger partial charge in [-0.25, -0.2) is 4.98 Å². The standard InChI is InChI=1S/C35H31BN2O2/c1-34(2)35(3,4)40-36(39-34)27-19-20-32-29(23-27)28-17-11-12-18-31(28)38(32)33-22-26(24-13-7-5-8-14-24)21-30(37-33)25-15-9-6-10-16-25/h5-23H,1-4H3. The van der Waals surface area contributed by atoms with Crippen molar-refractivity contribution in [3.63, 3.8) is 0 Å². The van der Waals surface area contributed by atoms with Crippen molar-refractivity contribution in [2.24, 2.45) is 0 Å². The van der Waals surface area contributed by atoms with Crippen molar-refractivity contribution >= 4 is 34.4 Å². The molecule has 1 fully saturated rings. The molecule has 40 heavy (non-hydrogen) atoms. The highest BCUT2D eigenvalue weighted by Gasteiger charge is 2.51. The van der Waals surface area contributed by atoms with Crippen LogP contribution in [0.1, 0.15) is 27.7 Å². The number of rotatable bonds is 4. The molecule has 0 bridgehead atoms. The Morgan fingerprint density at radius 1 is 0.575 bits per heavy atom. The molecule has 2 aromatic heterocycles. The third kappa shape index (κ3) is 4.05. The Balaban J connectivity index is 1.45. The number of hydrogen-bond donors (Lipinski definition) is 0. The van der Waals surface area contributed by atoms with E-state index in [1.807, 2.05) is 12.1 Å². The molecule has 0 unspecified atom stereocenters. The molecule has 0 spiro atoms. The van der Waals surface area contributed by atoms with E-state index in [9.17, 15) is 0 Å².